The van der Waals surface area contributed by atoms with Crippen LogP contribution in [0.25, 0.3) is 5.69 Å². The van der Waals surface area contributed by atoms with Crippen molar-refractivity contribution in [1.82, 2.24) is 14.8 Å². The lowest BCUT2D eigenvalue weighted by Gasteiger charge is -2.14. The van der Waals surface area contributed by atoms with E-state index in [1.807, 2.05) is 0 Å². The molecule has 25 heavy (non-hydrogen) atoms. The Bertz CT molecular complexity index is 887. The molecule has 8 heteroatoms. The highest BCUT2D eigenvalue weighted by molar-refractivity contribution is 6.05. The van der Waals surface area contributed by atoms with Crippen molar-refractivity contribution < 1.29 is 18.0 Å². The molecule has 0 bridgehead atoms. The van der Waals surface area contributed by atoms with E-state index in [-0.39, 0.29) is 11.3 Å². The summed E-state index contributed by atoms with van der Waals surface area (Å²) in [5, 5.41) is 6.51. The Balaban J connectivity index is 2.00. The Hall–Kier alpha value is -3.16. The number of aromatic nitrogens is 3. The molecule has 0 aliphatic heterocycles. The molecule has 0 unspecified atom stereocenters. The van der Waals surface area contributed by atoms with Crippen LogP contribution in [0.4, 0.5) is 18.9 Å². The third-order valence-electron chi connectivity index (χ3n) is 3.50. The van der Waals surface area contributed by atoms with Gasteiger partial charge in [-0.25, -0.2) is 4.68 Å². The fraction of sp³-hybridized carbons (Fsp3) is 0.118. The summed E-state index contributed by atoms with van der Waals surface area (Å²) < 4.78 is 40.4. The molecule has 128 valence electrons. The molecule has 0 saturated heterocycles. The highest BCUT2D eigenvalue weighted by Crippen LogP contribution is 2.33. The topological polar surface area (TPSA) is 59.8 Å². The van der Waals surface area contributed by atoms with Crippen molar-refractivity contribution in [1.29, 1.82) is 0 Å². The third kappa shape index (κ3) is 3.68. The molecule has 0 aliphatic rings. The number of aryl methyl sites for hydroxylation is 1. The summed E-state index contributed by atoms with van der Waals surface area (Å²) >= 11 is 0. The van der Waals surface area contributed by atoms with Gasteiger partial charge in [-0.05, 0) is 43.3 Å². The number of amides is 1. The van der Waals surface area contributed by atoms with E-state index in [1.54, 1.807) is 31.3 Å². The van der Waals surface area contributed by atoms with Crippen molar-refractivity contribution in [2.45, 2.75) is 13.1 Å². The van der Waals surface area contributed by atoms with Crippen LogP contribution in [0.2, 0.25) is 0 Å². The van der Waals surface area contributed by atoms with Gasteiger partial charge in [-0.2, -0.15) is 18.3 Å². The van der Waals surface area contributed by atoms with Crippen LogP contribution >= 0.6 is 0 Å². The van der Waals surface area contributed by atoms with Crippen LogP contribution in [-0.2, 0) is 6.18 Å². The smallest absolute Gasteiger partial charge is 0.320 e. The molecule has 0 radical (unpaired) electrons. The SMILES string of the molecule is Cc1ccc(C(=O)Nc2cc(C(F)(F)F)ccc2-n2cccn2)cn1. The first-order valence-corrected chi connectivity index (χ1v) is 7.30. The standard InChI is InChI=1S/C17H13F3N4O/c1-11-3-4-12(10-21-11)16(25)23-14-9-13(17(18,19)20)5-6-15(14)24-8-2-7-22-24/h2-10H,1H3,(H,23,25). The van der Waals surface area contributed by atoms with Gasteiger partial charge in [0.15, 0.2) is 0 Å². The minimum atomic E-state index is -4.52. The molecule has 0 aliphatic carbocycles. The number of hydrogen-bond donors (Lipinski definition) is 1. The van der Waals surface area contributed by atoms with Gasteiger partial charge in [-0.15, -0.1) is 0 Å². The zero-order chi connectivity index (χ0) is 18.0. The molecule has 2 aromatic heterocycles. The Labute approximate surface area is 141 Å². The highest BCUT2D eigenvalue weighted by Gasteiger charge is 2.31. The first-order chi connectivity index (χ1) is 11.8. The van der Waals surface area contributed by atoms with Gasteiger partial charge in [0, 0.05) is 24.3 Å². The molecule has 1 N–H and O–H groups in total. The van der Waals surface area contributed by atoms with Crippen LogP contribution in [0.5, 0.6) is 0 Å². The van der Waals surface area contributed by atoms with Crippen LogP contribution in [0.15, 0.2) is 55.0 Å². The Morgan fingerprint density at radius 1 is 1.20 bits per heavy atom. The molecule has 0 atom stereocenters. The molecule has 1 amide bonds. The van der Waals surface area contributed by atoms with Gasteiger partial charge < -0.3 is 5.32 Å². The maximum absolute atomic E-state index is 13.0. The van der Waals surface area contributed by atoms with Crippen LogP contribution in [0.3, 0.4) is 0 Å². The van der Waals surface area contributed by atoms with Gasteiger partial charge in [0.1, 0.15) is 0 Å². The molecule has 0 saturated carbocycles. The van der Waals surface area contributed by atoms with E-state index >= 15 is 0 Å². The predicted molar refractivity (Wildman–Crippen MR) is 85.5 cm³/mol. The second-order valence-electron chi connectivity index (χ2n) is 5.32. The Kier molecular flexibility index (Phi) is 4.26. The number of alkyl halides is 3. The number of rotatable bonds is 3. The lowest BCUT2D eigenvalue weighted by molar-refractivity contribution is -0.137. The fourth-order valence-electron chi connectivity index (χ4n) is 2.22. The quantitative estimate of drug-likeness (QED) is 0.784. The maximum Gasteiger partial charge on any atom is 0.416 e. The number of carbonyl (C=O) groups is 1. The summed E-state index contributed by atoms with van der Waals surface area (Å²) in [5.74, 6) is -0.555. The molecule has 1 aromatic carbocycles. The summed E-state index contributed by atoms with van der Waals surface area (Å²) in [6, 6.07) is 7.93. The monoisotopic (exact) mass is 346 g/mol. The van der Waals surface area contributed by atoms with E-state index in [1.165, 1.54) is 23.1 Å². The molecule has 0 spiro atoms. The zero-order valence-electron chi connectivity index (χ0n) is 13.1. The minimum absolute atomic E-state index is 0.00380. The molecular weight excluding hydrogens is 333 g/mol. The largest absolute Gasteiger partial charge is 0.416 e. The van der Waals surface area contributed by atoms with Gasteiger partial charge in [0.2, 0.25) is 0 Å². The maximum atomic E-state index is 13.0. The number of hydrogen-bond acceptors (Lipinski definition) is 3. The van der Waals surface area contributed by atoms with Crippen molar-refractivity contribution in [3.05, 3.63) is 71.8 Å². The van der Waals surface area contributed by atoms with E-state index < -0.39 is 17.6 Å². The first-order valence-electron chi connectivity index (χ1n) is 7.30. The van der Waals surface area contributed by atoms with E-state index in [4.69, 9.17) is 0 Å². The molecule has 2 heterocycles. The summed E-state index contributed by atoms with van der Waals surface area (Å²) in [5.41, 5.74) is 0.443. The van der Waals surface area contributed by atoms with Crippen molar-refractivity contribution in [3.63, 3.8) is 0 Å². The van der Waals surface area contributed by atoms with Crippen molar-refractivity contribution >= 4 is 11.6 Å². The van der Waals surface area contributed by atoms with Crippen LogP contribution < -0.4 is 5.32 Å². The summed E-state index contributed by atoms with van der Waals surface area (Å²) in [6.07, 6.45) is -0.0851. The molecule has 3 rings (SSSR count). The minimum Gasteiger partial charge on any atom is -0.320 e. The van der Waals surface area contributed by atoms with Gasteiger partial charge in [-0.3, -0.25) is 9.78 Å². The second kappa shape index (κ2) is 6.39. The Morgan fingerprint density at radius 3 is 2.60 bits per heavy atom. The number of pyridine rings is 1. The molecule has 5 nitrogen and oxygen atoms in total. The average Bonchev–Trinajstić information content (AvgIpc) is 3.08. The number of halogens is 3. The van der Waals surface area contributed by atoms with Gasteiger partial charge in [-0.1, -0.05) is 0 Å². The Morgan fingerprint density at radius 2 is 2.00 bits per heavy atom. The van der Waals surface area contributed by atoms with Crippen LogP contribution in [0.1, 0.15) is 21.6 Å². The van der Waals surface area contributed by atoms with Crippen LogP contribution in [-0.4, -0.2) is 20.7 Å². The van der Waals surface area contributed by atoms with Gasteiger partial charge >= 0.3 is 6.18 Å². The fourth-order valence-corrected chi connectivity index (χ4v) is 2.22. The van der Waals surface area contributed by atoms with E-state index in [0.29, 0.717) is 5.69 Å². The van der Waals surface area contributed by atoms with E-state index in [2.05, 4.69) is 15.4 Å². The average molecular weight is 346 g/mol. The molecule has 0 fully saturated rings. The number of benzene rings is 1. The highest BCUT2D eigenvalue weighted by atomic mass is 19.4. The van der Waals surface area contributed by atoms with Crippen molar-refractivity contribution in [3.8, 4) is 5.69 Å². The lowest BCUT2D eigenvalue weighted by Crippen LogP contribution is -2.16. The second-order valence-corrected chi connectivity index (χ2v) is 5.32. The van der Waals surface area contributed by atoms with Gasteiger partial charge in [0.05, 0.1) is 22.5 Å². The number of nitrogens with one attached hydrogen (secondary N) is 1. The summed E-state index contributed by atoms with van der Waals surface area (Å²) in [4.78, 5) is 16.4. The van der Waals surface area contributed by atoms with E-state index in [0.717, 1.165) is 17.8 Å². The summed E-state index contributed by atoms with van der Waals surface area (Å²) in [7, 11) is 0. The lowest BCUT2D eigenvalue weighted by atomic mass is 10.1. The first kappa shape index (κ1) is 16.7. The molecule has 3 aromatic rings. The predicted octanol–water partition coefficient (Wildman–Crippen LogP) is 3.85. The van der Waals surface area contributed by atoms with Crippen molar-refractivity contribution in [2.75, 3.05) is 5.32 Å². The summed E-state index contributed by atoms with van der Waals surface area (Å²) in [6.45, 7) is 1.77. The van der Waals surface area contributed by atoms with Gasteiger partial charge in [0.25, 0.3) is 5.91 Å². The number of nitrogens with zero attached hydrogens (tertiary/aromatic N) is 3. The normalized spacial score (nSPS) is 11.4. The van der Waals surface area contributed by atoms with Crippen LogP contribution in [0, 0.1) is 6.92 Å². The zero-order valence-corrected chi connectivity index (χ0v) is 13.1. The number of anilines is 1. The molecular formula is C17H13F3N4O. The number of carbonyl (C=O) groups excluding carboxylic acids is 1. The van der Waals surface area contributed by atoms with Crippen molar-refractivity contribution in [2.24, 2.45) is 0 Å². The third-order valence-corrected chi connectivity index (χ3v) is 3.50. The van der Waals surface area contributed by atoms with E-state index in [9.17, 15) is 18.0 Å².